The van der Waals surface area contributed by atoms with Gasteiger partial charge in [0.25, 0.3) is 0 Å². The van der Waals surface area contributed by atoms with Crippen LogP contribution < -0.4 is 10.2 Å². The van der Waals surface area contributed by atoms with Crippen LogP contribution in [0, 0.1) is 5.82 Å². The summed E-state index contributed by atoms with van der Waals surface area (Å²) < 4.78 is 22.7. The van der Waals surface area contributed by atoms with E-state index in [-0.39, 0.29) is 11.7 Å². The average molecular weight is 436 g/mol. The second kappa shape index (κ2) is 11.9. The predicted molar refractivity (Wildman–Crippen MR) is 117 cm³/mol. The third-order valence-electron chi connectivity index (χ3n) is 5.13. The molecule has 1 saturated heterocycles. The van der Waals surface area contributed by atoms with Crippen molar-refractivity contribution in [2.24, 2.45) is 0 Å². The van der Waals surface area contributed by atoms with Gasteiger partial charge < -0.3 is 19.9 Å². The molecule has 1 N–H and O–H groups in total. The molecule has 30 heavy (non-hydrogen) atoms. The molecule has 7 nitrogen and oxygen atoms in total. The summed E-state index contributed by atoms with van der Waals surface area (Å²) in [5, 5.41) is 3.79. The number of nitrogens with one attached hydrogen (secondary N) is 1. The molecule has 0 saturated carbocycles. The van der Waals surface area contributed by atoms with Crippen LogP contribution in [-0.4, -0.2) is 73.1 Å². The molecule has 1 fully saturated rings. The lowest BCUT2D eigenvalue weighted by molar-refractivity contribution is -0.120. The molecule has 9 heteroatoms. The first-order chi connectivity index (χ1) is 14.6. The first-order valence-corrected chi connectivity index (χ1v) is 11.2. The van der Waals surface area contributed by atoms with Gasteiger partial charge in [0, 0.05) is 57.7 Å². The van der Waals surface area contributed by atoms with Crippen LogP contribution in [0.15, 0.2) is 24.3 Å². The Labute approximate surface area is 181 Å². The van der Waals surface area contributed by atoms with Crippen molar-refractivity contribution in [3.63, 3.8) is 0 Å². The Morgan fingerprint density at radius 3 is 2.77 bits per heavy atom. The highest BCUT2D eigenvalue weighted by molar-refractivity contribution is 7.09. The topological polar surface area (TPSA) is 70.6 Å². The van der Waals surface area contributed by atoms with Gasteiger partial charge in [0.1, 0.15) is 11.6 Å². The van der Waals surface area contributed by atoms with Crippen molar-refractivity contribution in [3.8, 4) is 0 Å². The van der Waals surface area contributed by atoms with Crippen LogP contribution in [0.3, 0.4) is 0 Å². The van der Waals surface area contributed by atoms with Gasteiger partial charge in [-0.25, -0.2) is 9.37 Å². The molecule has 0 radical (unpaired) electrons. The summed E-state index contributed by atoms with van der Waals surface area (Å²) in [5.41, 5.74) is 0.960. The normalized spacial score (nSPS) is 14.2. The molecule has 1 aromatic heterocycles. The molecule has 2 aromatic rings. The van der Waals surface area contributed by atoms with Crippen LogP contribution in [0.5, 0.6) is 0 Å². The van der Waals surface area contributed by atoms with E-state index in [2.05, 4.69) is 19.6 Å². The van der Waals surface area contributed by atoms with Gasteiger partial charge in [-0.1, -0.05) is 12.1 Å². The number of halogens is 1. The summed E-state index contributed by atoms with van der Waals surface area (Å²) in [6.45, 7) is 5.63. The lowest BCUT2D eigenvalue weighted by Gasteiger charge is -2.21. The Balaban J connectivity index is 1.48. The number of anilines is 1. The zero-order valence-corrected chi connectivity index (χ0v) is 18.3. The van der Waals surface area contributed by atoms with Crippen molar-refractivity contribution in [2.75, 3.05) is 57.9 Å². The summed E-state index contributed by atoms with van der Waals surface area (Å²) in [6.07, 6.45) is 3.46. The number of likely N-dealkylation sites (tertiary alicyclic amines) is 1. The van der Waals surface area contributed by atoms with E-state index in [0.717, 1.165) is 30.3 Å². The molecule has 1 aliphatic heterocycles. The summed E-state index contributed by atoms with van der Waals surface area (Å²) >= 11 is 1.31. The maximum atomic E-state index is 13.1. The third kappa shape index (κ3) is 7.30. The number of benzene rings is 1. The molecule has 0 atom stereocenters. The fourth-order valence-electron chi connectivity index (χ4n) is 3.42. The molecule has 1 amide bonds. The minimum Gasteiger partial charge on any atom is -0.383 e. The highest BCUT2D eigenvalue weighted by atomic mass is 32.1. The summed E-state index contributed by atoms with van der Waals surface area (Å²) in [7, 11) is 1.66. The van der Waals surface area contributed by atoms with Crippen molar-refractivity contribution >= 4 is 22.6 Å². The van der Waals surface area contributed by atoms with Gasteiger partial charge >= 0.3 is 0 Å². The fourth-order valence-corrected chi connectivity index (χ4v) is 4.16. The fraction of sp³-hybridized carbons (Fsp3) is 0.571. The van der Waals surface area contributed by atoms with E-state index in [4.69, 9.17) is 4.74 Å². The highest BCUT2D eigenvalue weighted by Gasteiger charge is 2.15. The van der Waals surface area contributed by atoms with Crippen LogP contribution in [-0.2, 0) is 16.0 Å². The van der Waals surface area contributed by atoms with Crippen LogP contribution in [0.1, 0.15) is 30.7 Å². The van der Waals surface area contributed by atoms with Crippen LogP contribution in [0.2, 0.25) is 0 Å². The molecule has 2 heterocycles. The zero-order chi connectivity index (χ0) is 21.2. The molecule has 1 aliphatic rings. The van der Waals surface area contributed by atoms with Crippen molar-refractivity contribution in [1.29, 1.82) is 0 Å². The molecule has 1 aromatic carbocycles. The van der Waals surface area contributed by atoms with E-state index in [1.54, 1.807) is 19.2 Å². The minimum absolute atomic E-state index is 0.0488. The number of carbonyl (C=O) groups excluding carboxylic acids is 1. The number of hydrogen-bond donors (Lipinski definition) is 1. The summed E-state index contributed by atoms with van der Waals surface area (Å²) in [6, 6.07) is 6.36. The number of carbonyl (C=O) groups is 1. The van der Waals surface area contributed by atoms with Crippen molar-refractivity contribution in [3.05, 3.63) is 41.5 Å². The van der Waals surface area contributed by atoms with Gasteiger partial charge in [0.05, 0.1) is 6.61 Å². The molecule has 0 bridgehead atoms. The zero-order valence-electron chi connectivity index (χ0n) is 17.5. The molecular formula is C21H30FN5O2S. The number of aromatic nitrogens is 2. The molecule has 164 valence electrons. The standard InChI is InChI=1S/C21H30FN5O2S/c1-29-15-14-27(12-8-20(28)23-9-13-26-10-2-3-11-26)21-24-19(25-30-21)16-17-4-6-18(22)7-5-17/h4-7H,2-3,8-16H2,1H3,(H,23,28). The Morgan fingerprint density at radius 2 is 2.03 bits per heavy atom. The lowest BCUT2D eigenvalue weighted by atomic mass is 10.1. The van der Waals surface area contributed by atoms with Gasteiger partial charge in [-0.2, -0.15) is 4.37 Å². The second-order valence-electron chi connectivity index (χ2n) is 7.42. The van der Waals surface area contributed by atoms with Gasteiger partial charge in [0.2, 0.25) is 11.0 Å². The Kier molecular flexibility index (Phi) is 8.98. The Hall–Kier alpha value is -2.10. The third-order valence-corrected chi connectivity index (χ3v) is 5.94. The molecule has 3 rings (SSSR count). The van der Waals surface area contributed by atoms with Crippen LogP contribution >= 0.6 is 11.5 Å². The minimum atomic E-state index is -0.255. The number of hydrogen-bond acceptors (Lipinski definition) is 7. The maximum absolute atomic E-state index is 13.1. The molecular weight excluding hydrogens is 405 g/mol. The van der Waals surface area contributed by atoms with Crippen LogP contribution in [0.25, 0.3) is 0 Å². The highest BCUT2D eigenvalue weighted by Crippen LogP contribution is 2.19. The van der Waals surface area contributed by atoms with E-state index < -0.39 is 0 Å². The molecule has 0 spiro atoms. The first-order valence-electron chi connectivity index (χ1n) is 10.4. The quantitative estimate of drug-likeness (QED) is 0.552. The number of amides is 1. The number of nitrogens with zero attached hydrogens (tertiary/aromatic N) is 4. The molecule has 0 unspecified atom stereocenters. The first kappa shape index (κ1) is 22.6. The Bertz CT molecular complexity index is 780. The number of methoxy groups -OCH3 is 1. The van der Waals surface area contributed by atoms with E-state index in [0.29, 0.717) is 44.9 Å². The van der Waals surface area contributed by atoms with E-state index in [1.165, 1.54) is 36.5 Å². The van der Waals surface area contributed by atoms with E-state index in [9.17, 15) is 9.18 Å². The monoisotopic (exact) mass is 435 g/mol. The van der Waals surface area contributed by atoms with Crippen LogP contribution in [0.4, 0.5) is 9.52 Å². The largest absolute Gasteiger partial charge is 0.383 e. The van der Waals surface area contributed by atoms with Gasteiger partial charge in [0.15, 0.2) is 0 Å². The average Bonchev–Trinajstić information content (AvgIpc) is 3.42. The number of rotatable bonds is 12. The summed E-state index contributed by atoms with van der Waals surface area (Å²) in [5.74, 6) is 0.488. The summed E-state index contributed by atoms with van der Waals surface area (Å²) in [4.78, 5) is 21.3. The second-order valence-corrected chi connectivity index (χ2v) is 8.16. The van der Waals surface area contributed by atoms with Gasteiger partial charge in [-0.3, -0.25) is 4.79 Å². The van der Waals surface area contributed by atoms with E-state index >= 15 is 0 Å². The predicted octanol–water partition coefficient (Wildman–Crippen LogP) is 2.32. The SMILES string of the molecule is COCCN(CCC(=O)NCCN1CCCC1)c1nc(Cc2ccc(F)cc2)ns1. The van der Waals surface area contributed by atoms with Crippen molar-refractivity contribution in [2.45, 2.75) is 25.7 Å². The molecule has 0 aliphatic carbocycles. The Morgan fingerprint density at radius 1 is 1.27 bits per heavy atom. The van der Waals surface area contributed by atoms with Crippen molar-refractivity contribution < 1.29 is 13.9 Å². The lowest BCUT2D eigenvalue weighted by Crippen LogP contribution is -2.36. The smallest absolute Gasteiger partial charge is 0.221 e. The van der Waals surface area contributed by atoms with Gasteiger partial charge in [-0.05, 0) is 43.6 Å². The van der Waals surface area contributed by atoms with E-state index in [1.807, 2.05) is 4.90 Å². The maximum Gasteiger partial charge on any atom is 0.221 e. The van der Waals surface area contributed by atoms with Gasteiger partial charge in [-0.15, -0.1) is 0 Å². The van der Waals surface area contributed by atoms with Crippen molar-refractivity contribution in [1.82, 2.24) is 19.6 Å². The number of ether oxygens (including phenoxy) is 1.